The Morgan fingerprint density at radius 3 is 2.79 bits per heavy atom. The SMILES string of the molecule is CCCCc1nnc(SC)n(N)c1=O. The van der Waals surface area contributed by atoms with E-state index in [1.807, 2.05) is 0 Å². The minimum atomic E-state index is -0.238. The van der Waals surface area contributed by atoms with Gasteiger partial charge in [-0.3, -0.25) is 4.79 Å². The molecule has 0 saturated heterocycles. The Labute approximate surface area is 86.7 Å². The van der Waals surface area contributed by atoms with E-state index in [2.05, 4.69) is 17.1 Å². The van der Waals surface area contributed by atoms with Crippen molar-refractivity contribution in [2.24, 2.45) is 0 Å². The fourth-order valence-corrected chi connectivity index (χ4v) is 1.46. The molecule has 5 nitrogen and oxygen atoms in total. The highest BCUT2D eigenvalue weighted by Gasteiger charge is 2.08. The van der Waals surface area contributed by atoms with Crippen molar-refractivity contribution in [2.75, 3.05) is 12.1 Å². The minimum absolute atomic E-state index is 0.238. The molecule has 0 fully saturated rings. The molecule has 0 saturated carbocycles. The number of aryl methyl sites for hydroxylation is 1. The van der Waals surface area contributed by atoms with Gasteiger partial charge in [0.15, 0.2) is 0 Å². The highest BCUT2D eigenvalue weighted by Crippen LogP contribution is 2.05. The smallest absolute Gasteiger partial charge is 0.294 e. The van der Waals surface area contributed by atoms with Crippen LogP contribution < -0.4 is 11.4 Å². The Morgan fingerprint density at radius 2 is 2.21 bits per heavy atom. The normalized spacial score (nSPS) is 10.4. The highest BCUT2D eigenvalue weighted by molar-refractivity contribution is 7.98. The molecular weight excluding hydrogens is 200 g/mol. The van der Waals surface area contributed by atoms with Gasteiger partial charge in [-0.15, -0.1) is 10.2 Å². The third-order valence-corrected chi connectivity index (χ3v) is 2.52. The fourth-order valence-electron chi connectivity index (χ4n) is 1.06. The average molecular weight is 214 g/mol. The van der Waals surface area contributed by atoms with Crippen LogP contribution in [0.2, 0.25) is 0 Å². The number of nitrogen functional groups attached to an aromatic ring is 1. The molecule has 0 atom stereocenters. The zero-order valence-corrected chi connectivity index (χ0v) is 9.17. The summed E-state index contributed by atoms with van der Waals surface area (Å²) < 4.78 is 1.06. The second kappa shape index (κ2) is 4.99. The van der Waals surface area contributed by atoms with E-state index in [-0.39, 0.29) is 5.56 Å². The van der Waals surface area contributed by atoms with Crippen molar-refractivity contribution in [2.45, 2.75) is 31.3 Å². The molecule has 0 bridgehead atoms. The van der Waals surface area contributed by atoms with Gasteiger partial charge in [0.05, 0.1) is 0 Å². The lowest BCUT2D eigenvalue weighted by molar-refractivity contribution is 0.647. The van der Waals surface area contributed by atoms with Crippen molar-refractivity contribution >= 4 is 11.8 Å². The molecule has 0 aromatic carbocycles. The van der Waals surface area contributed by atoms with E-state index in [0.29, 0.717) is 17.3 Å². The maximum absolute atomic E-state index is 11.6. The van der Waals surface area contributed by atoms with Crippen LogP contribution in [-0.2, 0) is 6.42 Å². The number of nitrogens with two attached hydrogens (primary N) is 1. The van der Waals surface area contributed by atoms with Gasteiger partial charge in [0.25, 0.3) is 5.56 Å². The second-order valence-corrected chi connectivity index (χ2v) is 3.69. The van der Waals surface area contributed by atoms with Crippen LogP contribution in [0.1, 0.15) is 25.5 Å². The Morgan fingerprint density at radius 1 is 1.50 bits per heavy atom. The predicted octanol–water partition coefficient (Wildman–Crippen LogP) is 0.417. The molecule has 0 aliphatic rings. The lowest BCUT2D eigenvalue weighted by Crippen LogP contribution is -2.33. The molecule has 1 heterocycles. The third kappa shape index (κ3) is 2.25. The standard InChI is InChI=1S/C8H14N4OS/c1-3-4-5-6-7(13)12(9)8(14-2)11-10-6/h3-5,9H2,1-2H3. The van der Waals surface area contributed by atoms with Crippen LogP contribution in [0.25, 0.3) is 0 Å². The van der Waals surface area contributed by atoms with E-state index in [1.54, 1.807) is 6.26 Å². The largest absolute Gasteiger partial charge is 0.334 e. The van der Waals surface area contributed by atoms with Gasteiger partial charge < -0.3 is 5.84 Å². The molecule has 0 amide bonds. The van der Waals surface area contributed by atoms with Gasteiger partial charge in [-0.25, -0.2) is 0 Å². The van der Waals surface area contributed by atoms with Gasteiger partial charge in [-0.2, -0.15) is 4.68 Å². The van der Waals surface area contributed by atoms with Crippen LogP contribution in [0.5, 0.6) is 0 Å². The van der Waals surface area contributed by atoms with E-state index in [4.69, 9.17) is 5.84 Å². The van der Waals surface area contributed by atoms with Crippen LogP contribution in [0, 0.1) is 0 Å². The van der Waals surface area contributed by atoms with Crippen molar-refractivity contribution in [3.8, 4) is 0 Å². The van der Waals surface area contributed by atoms with E-state index >= 15 is 0 Å². The molecule has 78 valence electrons. The Bertz CT molecular complexity index is 363. The summed E-state index contributed by atoms with van der Waals surface area (Å²) in [5.74, 6) is 5.55. The van der Waals surface area contributed by atoms with Gasteiger partial charge in [0.2, 0.25) is 5.16 Å². The summed E-state index contributed by atoms with van der Waals surface area (Å²) in [6.07, 6.45) is 4.41. The molecule has 0 unspecified atom stereocenters. The number of unbranched alkanes of at least 4 members (excludes halogenated alkanes) is 1. The molecule has 14 heavy (non-hydrogen) atoms. The second-order valence-electron chi connectivity index (χ2n) is 2.91. The molecule has 6 heteroatoms. The van der Waals surface area contributed by atoms with Crippen molar-refractivity contribution < 1.29 is 0 Å². The summed E-state index contributed by atoms with van der Waals surface area (Å²) in [6.45, 7) is 2.06. The van der Waals surface area contributed by atoms with E-state index in [9.17, 15) is 4.79 Å². The van der Waals surface area contributed by atoms with Gasteiger partial charge >= 0.3 is 0 Å². The van der Waals surface area contributed by atoms with Crippen molar-refractivity contribution in [3.63, 3.8) is 0 Å². The molecule has 2 N–H and O–H groups in total. The Balaban J connectivity index is 2.99. The van der Waals surface area contributed by atoms with E-state index in [1.165, 1.54) is 11.8 Å². The third-order valence-electron chi connectivity index (χ3n) is 1.88. The molecular formula is C8H14N4OS. The molecule has 0 aliphatic heterocycles. The minimum Gasteiger partial charge on any atom is -0.334 e. The summed E-state index contributed by atoms with van der Waals surface area (Å²) in [7, 11) is 0. The topological polar surface area (TPSA) is 73.8 Å². The van der Waals surface area contributed by atoms with E-state index < -0.39 is 0 Å². The first-order valence-corrected chi connectivity index (χ1v) is 5.70. The number of nitrogens with zero attached hydrogens (tertiary/aromatic N) is 3. The summed E-state index contributed by atoms with van der Waals surface area (Å²) >= 11 is 1.31. The lowest BCUT2D eigenvalue weighted by atomic mass is 10.2. The first-order valence-electron chi connectivity index (χ1n) is 4.48. The summed E-state index contributed by atoms with van der Waals surface area (Å²) in [5, 5.41) is 8.16. The quantitative estimate of drug-likeness (QED) is 0.580. The molecule has 1 aromatic rings. The number of hydrogen-bond acceptors (Lipinski definition) is 5. The number of rotatable bonds is 4. The van der Waals surface area contributed by atoms with Crippen LogP contribution in [0.15, 0.2) is 9.95 Å². The van der Waals surface area contributed by atoms with Crippen LogP contribution in [0.4, 0.5) is 0 Å². The maximum atomic E-state index is 11.6. The molecule has 0 aliphatic carbocycles. The van der Waals surface area contributed by atoms with Crippen LogP contribution in [-0.4, -0.2) is 21.1 Å². The summed E-state index contributed by atoms with van der Waals surface area (Å²) in [4.78, 5) is 11.6. The number of hydrogen-bond donors (Lipinski definition) is 1. The van der Waals surface area contributed by atoms with Gasteiger partial charge in [-0.1, -0.05) is 25.1 Å². The zero-order valence-electron chi connectivity index (χ0n) is 8.36. The van der Waals surface area contributed by atoms with Crippen molar-refractivity contribution in [1.82, 2.24) is 14.9 Å². The molecule has 1 aromatic heterocycles. The first kappa shape index (κ1) is 11.0. The monoisotopic (exact) mass is 214 g/mol. The maximum Gasteiger partial charge on any atom is 0.294 e. The number of aromatic nitrogens is 3. The summed E-state index contributed by atoms with van der Waals surface area (Å²) in [6, 6.07) is 0. The summed E-state index contributed by atoms with van der Waals surface area (Å²) in [5.41, 5.74) is 0.213. The average Bonchev–Trinajstić information content (AvgIpc) is 2.20. The zero-order chi connectivity index (χ0) is 10.6. The number of thioether (sulfide) groups is 1. The Hall–Kier alpha value is -1.04. The van der Waals surface area contributed by atoms with Gasteiger partial charge in [-0.05, 0) is 19.1 Å². The van der Waals surface area contributed by atoms with Crippen molar-refractivity contribution in [1.29, 1.82) is 0 Å². The van der Waals surface area contributed by atoms with Crippen molar-refractivity contribution in [3.05, 3.63) is 16.0 Å². The first-order chi connectivity index (χ1) is 6.70. The predicted molar refractivity (Wildman–Crippen MR) is 56.8 cm³/mol. The molecule has 0 radical (unpaired) electrons. The van der Waals surface area contributed by atoms with Crippen LogP contribution >= 0.6 is 11.8 Å². The van der Waals surface area contributed by atoms with E-state index in [0.717, 1.165) is 17.5 Å². The molecule has 1 rings (SSSR count). The fraction of sp³-hybridized carbons (Fsp3) is 0.625. The lowest BCUT2D eigenvalue weighted by Gasteiger charge is -2.04. The van der Waals surface area contributed by atoms with Gasteiger partial charge in [0, 0.05) is 0 Å². The Kier molecular flexibility index (Phi) is 3.94. The van der Waals surface area contributed by atoms with Gasteiger partial charge in [0.1, 0.15) is 5.69 Å². The molecule has 0 spiro atoms. The van der Waals surface area contributed by atoms with Crippen LogP contribution in [0.3, 0.4) is 0 Å². The highest BCUT2D eigenvalue weighted by atomic mass is 32.2.